The molecule has 1 saturated heterocycles. The van der Waals surface area contributed by atoms with Crippen LogP contribution in [0.4, 0.5) is 5.82 Å². The van der Waals surface area contributed by atoms with Crippen LogP contribution in [0.15, 0.2) is 18.2 Å². The zero-order valence-corrected chi connectivity index (χ0v) is 11.8. The highest BCUT2D eigenvalue weighted by Gasteiger charge is 2.20. The van der Waals surface area contributed by atoms with Crippen LogP contribution in [-0.2, 0) is 6.54 Å². The molecule has 1 aliphatic carbocycles. The molecule has 3 rings (SSSR count). The second kappa shape index (κ2) is 6.38. The molecule has 1 aliphatic heterocycles. The molecule has 3 heteroatoms. The summed E-state index contributed by atoms with van der Waals surface area (Å²) in [4.78, 5) is 7.30. The van der Waals surface area contributed by atoms with Crippen molar-refractivity contribution in [3.05, 3.63) is 23.9 Å². The summed E-state index contributed by atoms with van der Waals surface area (Å²) in [7, 11) is 0. The van der Waals surface area contributed by atoms with Crippen LogP contribution < -0.4 is 10.2 Å². The molecule has 0 aromatic carbocycles. The molecule has 0 spiro atoms. The van der Waals surface area contributed by atoms with Crippen molar-refractivity contribution in [2.45, 2.75) is 57.5 Å². The van der Waals surface area contributed by atoms with Gasteiger partial charge in [0.2, 0.25) is 0 Å². The zero-order valence-electron chi connectivity index (χ0n) is 11.8. The zero-order chi connectivity index (χ0) is 12.9. The summed E-state index contributed by atoms with van der Waals surface area (Å²) in [6.45, 7) is 3.27. The van der Waals surface area contributed by atoms with E-state index in [1.165, 1.54) is 69.5 Å². The second-order valence-corrected chi connectivity index (χ2v) is 5.90. The Balaban J connectivity index is 1.62. The predicted molar refractivity (Wildman–Crippen MR) is 79.4 cm³/mol. The average molecular weight is 259 g/mol. The standard InChI is InChI=1S/C16H25N3/c1-2-4-11-19(12-5-3-1)16-8-6-7-15(18-16)13-17-14-9-10-14/h6-8,14,17H,1-5,9-13H2. The van der Waals surface area contributed by atoms with Crippen LogP contribution >= 0.6 is 0 Å². The molecule has 1 aromatic rings. The maximum Gasteiger partial charge on any atom is 0.128 e. The number of hydrogen-bond donors (Lipinski definition) is 1. The fraction of sp³-hybridized carbons (Fsp3) is 0.688. The van der Waals surface area contributed by atoms with Gasteiger partial charge >= 0.3 is 0 Å². The molecule has 2 aliphatic rings. The molecule has 0 unspecified atom stereocenters. The van der Waals surface area contributed by atoms with E-state index >= 15 is 0 Å². The minimum atomic E-state index is 0.757. The Hall–Kier alpha value is -1.09. The summed E-state index contributed by atoms with van der Waals surface area (Å²) < 4.78 is 0. The minimum Gasteiger partial charge on any atom is -0.357 e. The number of aromatic nitrogens is 1. The van der Waals surface area contributed by atoms with Gasteiger partial charge in [-0.15, -0.1) is 0 Å². The molecular formula is C16H25N3. The Morgan fingerprint density at radius 1 is 1.05 bits per heavy atom. The van der Waals surface area contributed by atoms with Gasteiger partial charge in [0.15, 0.2) is 0 Å². The van der Waals surface area contributed by atoms with E-state index in [2.05, 4.69) is 28.4 Å². The van der Waals surface area contributed by atoms with Crippen molar-refractivity contribution in [3.8, 4) is 0 Å². The SMILES string of the molecule is c1cc(CNC2CC2)nc(N2CCCCCCC2)c1. The van der Waals surface area contributed by atoms with Crippen molar-refractivity contribution >= 4 is 5.82 Å². The third-order valence-corrected chi connectivity index (χ3v) is 4.12. The molecule has 104 valence electrons. The van der Waals surface area contributed by atoms with Crippen LogP contribution in [0.25, 0.3) is 0 Å². The minimum absolute atomic E-state index is 0.757. The maximum absolute atomic E-state index is 4.83. The number of pyridine rings is 1. The van der Waals surface area contributed by atoms with E-state index in [0.29, 0.717) is 0 Å². The van der Waals surface area contributed by atoms with Crippen LogP contribution in [0.1, 0.15) is 50.6 Å². The van der Waals surface area contributed by atoms with Gasteiger partial charge in [0.1, 0.15) is 5.82 Å². The van der Waals surface area contributed by atoms with Gasteiger partial charge in [0, 0.05) is 25.7 Å². The fourth-order valence-corrected chi connectivity index (χ4v) is 2.75. The largest absolute Gasteiger partial charge is 0.357 e. The molecule has 19 heavy (non-hydrogen) atoms. The number of nitrogens with zero attached hydrogens (tertiary/aromatic N) is 2. The van der Waals surface area contributed by atoms with E-state index in [-0.39, 0.29) is 0 Å². The number of hydrogen-bond acceptors (Lipinski definition) is 3. The summed E-state index contributed by atoms with van der Waals surface area (Å²) >= 11 is 0. The lowest BCUT2D eigenvalue weighted by Crippen LogP contribution is -2.28. The Morgan fingerprint density at radius 2 is 1.79 bits per heavy atom. The Labute approximate surface area is 116 Å². The van der Waals surface area contributed by atoms with Crippen LogP contribution in [0.5, 0.6) is 0 Å². The number of anilines is 1. The molecule has 1 N–H and O–H groups in total. The van der Waals surface area contributed by atoms with Gasteiger partial charge in [-0.05, 0) is 37.8 Å². The van der Waals surface area contributed by atoms with Crippen molar-refractivity contribution in [2.75, 3.05) is 18.0 Å². The van der Waals surface area contributed by atoms with E-state index in [1.807, 2.05) is 0 Å². The van der Waals surface area contributed by atoms with Crippen molar-refractivity contribution < 1.29 is 0 Å². The summed E-state index contributed by atoms with van der Waals surface area (Å²) in [5.74, 6) is 1.18. The van der Waals surface area contributed by atoms with Crippen molar-refractivity contribution in [1.82, 2.24) is 10.3 Å². The van der Waals surface area contributed by atoms with E-state index in [1.54, 1.807) is 0 Å². The highest BCUT2D eigenvalue weighted by molar-refractivity contribution is 5.39. The van der Waals surface area contributed by atoms with Gasteiger partial charge in [0.05, 0.1) is 5.69 Å². The third-order valence-electron chi connectivity index (χ3n) is 4.12. The van der Waals surface area contributed by atoms with Crippen LogP contribution in [0.3, 0.4) is 0 Å². The fourth-order valence-electron chi connectivity index (χ4n) is 2.75. The Kier molecular flexibility index (Phi) is 4.34. The van der Waals surface area contributed by atoms with Gasteiger partial charge in [0.25, 0.3) is 0 Å². The molecule has 1 saturated carbocycles. The monoisotopic (exact) mass is 259 g/mol. The van der Waals surface area contributed by atoms with Gasteiger partial charge in [-0.2, -0.15) is 0 Å². The molecule has 0 radical (unpaired) electrons. The first-order chi connectivity index (χ1) is 9.42. The first-order valence-electron chi connectivity index (χ1n) is 7.86. The normalized spacial score (nSPS) is 20.9. The number of rotatable bonds is 4. The molecular weight excluding hydrogens is 234 g/mol. The maximum atomic E-state index is 4.83. The van der Waals surface area contributed by atoms with Gasteiger partial charge in [-0.3, -0.25) is 0 Å². The third kappa shape index (κ3) is 3.93. The summed E-state index contributed by atoms with van der Waals surface area (Å²) in [6, 6.07) is 7.23. The average Bonchev–Trinajstić information content (AvgIpc) is 3.20. The smallest absolute Gasteiger partial charge is 0.128 e. The quantitative estimate of drug-likeness (QED) is 0.900. The lowest BCUT2D eigenvalue weighted by atomic mass is 10.1. The topological polar surface area (TPSA) is 28.2 Å². The molecule has 2 heterocycles. The van der Waals surface area contributed by atoms with E-state index in [9.17, 15) is 0 Å². The summed E-state index contributed by atoms with van der Waals surface area (Å²) in [5.41, 5.74) is 1.19. The molecule has 0 atom stereocenters. The van der Waals surface area contributed by atoms with Gasteiger partial charge < -0.3 is 10.2 Å². The van der Waals surface area contributed by atoms with Crippen molar-refractivity contribution in [1.29, 1.82) is 0 Å². The van der Waals surface area contributed by atoms with Gasteiger partial charge in [-0.1, -0.05) is 25.3 Å². The highest BCUT2D eigenvalue weighted by atomic mass is 15.2. The second-order valence-electron chi connectivity index (χ2n) is 5.90. The highest BCUT2D eigenvalue weighted by Crippen LogP contribution is 2.20. The molecule has 0 bridgehead atoms. The van der Waals surface area contributed by atoms with Crippen LogP contribution in [0.2, 0.25) is 0 Å². The molecule has 1 aromatic heterocycles. The summed E-state index contributed by atoms with van der Waals surface area (Å²) in [5, 5.41) is 3.54. The molecule has 3 nitrogen and oxygen atoms in total. The Morgan fingerprint density at radius 3 is 2.53 bits per heavy atom. The van der Waals surface area contributed by atoms with E-state index in [4.69, 9.17) is 4.98 Å². The summed E-state index contributed by atoms with van der Waals surface area (Å²) in [6.07, 6.45) is 9.46. The molecule has 2 fully saturated rings. The predicted octanol–water partition coefficient (Wildman–Crippen LogP) is 3.10. The molecule has 0 amide bonds. The van der Waals surface area contributed by atoms with E-state index in [0.717, 1.165) is 12.6 Å². The first kappa shape index (κ1) is 12.9. The van der Waals surface area contributed by atoms with E-state index < -0.39 is 0 Å². The lowest BCUT2D eigenvalue weighted by molar-refractivity contribution is 0.553. The van der Waals surface area contributed by atoms with Crippen LogP contribution in [0, 0.1) is 0 Å². The van der Waals surface area contributed by atoms with Crippen LogP contribution in [-0.4, -0.2) is 24.1 Å². The first-order valence-corrected chi connectivity index (χ1v) is 7.86. The van der Waals surface area contributed by atoms with Crippen molar-refractivity contribution in [2.24, 2.45) is 0 Å². The van der Waals surface area contributed by atoms with Gasteiger partial charge in [-0.25, -0.2) is 4.98 Å². The van der Waals surface area contributed by atoms with Crippen molar-refractivity contribution in [3.63, 3.8) is 0 Å². The Bertz CT molecular complexity index is 393. The number of nitrogens with one attached hydrogen (secondary N) is 1. The lowest BCUT2D eigenvalue weighted by Gasteiger charge is -2.26.